The monoisotopic (exact) mass is 328 g/mol. The Kier molecular flexibility index (Phi) is 6.23. The molecule has 0 saturated heterocycles. The zero-order chi connectivity index (χ0) is 16.7. The van der Waals surface area contributed by atoms with Crippen molar-refractivity contribution in [1.82, 2.24) is 5.32 Å². The van der Waals surface area contributed by atoms with E-state index in [1.807, 2.05) is 43.3 Å². The van der Waals surface area contributed by atoms with E-state index in [2.05, 4.69) is 11.4 Å². The minimum absolute atomic E-state index is 0.199. The summed E-state index contributed by atoms with van der Waals surface area (Å²) in [6, 6.07) is 16.4. The van der Waals surface area contributed by atoms with Gasteiger partial charge in [0.25, 0.3) is 0 Å². The smallest absolute Gasteiger partial charge is 0.244 e. The van der Waals surface area contributed by atoms with Crippen LogP contribution in [0.4, 0.5) is 0 Å². The molecule has 1 atom stereocenters. The SMILES string of the molecule is Cc1cccc(CSCC(=O)NC(C(N)=O)c2ccccc2)c1. The highest BCUT2D eigenvalue weighted by Gasteiger charge is 2.19. The van der Waals surface area contributed by atoms with E-state index >= 15 is 0 Å². The Morgan fingerprint density at radius 1 is 1.13 bits per heavy atom. The summed E-state index contributed by atoms with van der Waals surface area (Å²) in [6.45, 7) is 2.04. The van der Waals surface area contributed by atoms with Crippen LogP contribution in [0.2, 0.25) is 0 Å². The third-order valence-electron chi connectivity index (χ3n) is 3.31. The Bertz CT molecular complexity index is 674. The first kappa shape index (κ1) is 17.1. The molecule has 4 nitrogen and oxygen atoms in total. The summed E-state index contributed by atoms with van der Waals surface area (Å²) in [7, 11) is 0. The van der Waals surface area contributed by atoms with Gasteiger partial charge >= 0.3 is 0 Å². The summed E-state index contributed by atoms with van der Waals surface area (Å²) in [5, 5.41) is 2.70. The molecule has 2 aromatic carbocycles. The second kappa shape index (κ2) is 8.39. The topological polar surface area (TPSA) is 72.2 Å². The Morgan fingerprint density at radius 2 is 1.87 bits per heavy atom. The Labute approximate surface area is 140 Å². The van der Waals surface area contributed by atoms with E-state index in [4.69, 9.17) is 5.73 Å². The lowest BCUT2D eigenvalue weighted by Gasteiger charge is -2.15. The van der Waals surface area contributed by atoms with Gasteiger partial charge in [0.05, 0.1) is 5.75 Å². The lowest BCUT2D eigenvalue weighted by molar-refractivity contribution is -0.126. The third-order valence-corrected chi connectivity index (χ3v) is 4.31. The predicted molar refractivity (Wildman–Crippen MR) is 93.9 cm³/mol. The van der Waals surface area contributed by atoms with Crippen molar-refractivity contribution in [3.8, 4) is 0 Å². The van der Waals surface area contributed by atoms with E-state index < -0.39 is 11.9 Å². The minimum atomic E-state index is -0.789. The van der Waals surface area contributed by atoms with Gasteiger partial charge in [-0.15, -0.1) is 11.8 Å². The van der Waals surface area contributed by atoms with Crippen LogP contribution in [0.25, 0.3) is 0 Å². The highest BCUT2D eigenvalue weighted by Crippen LogP contribution is 2.15. The fourth-order valence-corrected chi connectivity index (χ4v) is 3.02. The zero-order valence-electron chi connectivity index (χ0n) is 13.0. The zero-order valence-corrected chi connectivity index (χ0v) is 13.8. The van der Waals surface area contributed by atoms with Crippen LogP contribution in [-0.2, 0) is 15.3 Å². The number of thioether (sulfide) groups is 1. The second-order valence-corrected chi connectivity index (χ2v) is 6.28. The van der Waals surface area contributed by atoms with Crippen LogP contribution in [0.1, 0.15) is 22.7 Å². The van der Waals surface area contributed by atoms with Crippen molar-refractivity contribution in [3.63, 3.8) is 0 Å². The van der Waals surface area contributed by atoms with Crippen molar-refractivity contribution >= 4 is 23.6 Å². The van der Waals surface area contributed by atoms with Crippen molar-refractivity contribution in [2.45, 2.75) is 18.7 Å². The van der Waals surface area contributed by atoms with Crippen LogP contribution >= 0.6 is 11.8 Å². The maximum absolute atomic E-state index is 12.0. The predicted octanol–water partition coefficient (Wildman–Crippen LogP) is 2.57. The average Bonchev–Trinajstić information content (AvgIpc) is 2.53. The molecule has 0 fully saturated rings. The van der Waals surface area contributed by atoms with E-state index in [0.29, 0.717) is 5.56 Å². The molecule has 120 valence electrons. The van der Waals surface area contributed by atoms with Gasteiger partial charge in [0.2, 0.25) is 11.8 Å². The number of hydrogen-bond donors (Lipinski definition) is 2. The van der Waals surface area contributed by atoms with E-state index in [-0.39, 0.29) is 11.7 Å². The highest BCUT2D eigenvalue weighted by molar-refractivity contribution is 7.99. The molecule has 23 heavy (non-hydrogen) atoms. The number of benzene rings is 2. The number of rotatable bonds is 7. The molecule has 3 N–H and O–H groups in total. The van der Waals surface area contributed by atoms with Gasteiger partial charge < -0.3 is 11.1 Å². The van der Waals surface area contributed by atoms with Gasteiger partial charge in [-0.2, -0.15) is 0 Å². The summed E-state index contributed by atoms with van der Waals surface area (Å²) >= 11 is 1.51. The van der Waals surface area contributed by atoms with Crippen molar-refractivity contribution in [1.29, 1.82) is 0 Å². The summed E-state index contributed by atoms with van der Waals surface area (Å²) in [5.41, 5.74) is 8.46. The minimum Gasteiger partial charge on any atom is -0.368 e. The summed E-state index contributed by atoms with van der Waals surface area (Å²) in [6.07, 6.45) is 0. The molecule has 1 unspecified atom stereocenters. The molecule has 5 heteroatoms. The molecule has 0 aliphatic rings. The fourth-order valence-electron chi connectivity index (χ4n) is 2.23. The quantitative estimate of drug-likeness (QED) is 0.820. The fraction of sp³-hybridized carbons (Fsp3) is 0.222. The standard InChI is InChI=1S/C18H20N2O2S/c1-13-6-5-7-14(10-13)11-23-12-16(21)20-17(18(19)22)15-8-3-2-4-9-15/h2-10,17H,11-12H2,1H3,(H2,19,22)(H,20,21). The van der Waals surface area contributed by atoms with Gasteiger partial charge in [0.15, 0.2) is 0 Å². The van der Waals surface area contributed by atoms with Crippen LogP contribution in [0.5, 0.6) is 0 Å². The largest absolute Gasteiger partial charge is 0.368 e. The number of amides is 2. The van der Waals surface area contributed by atoms with E-state index in [0.717, 1.165) is 5.75 Å². The number of primary amides is 1. The van der Waals surface area contributed by atoms with Gasteiger partial charge in [-0.1, -0.05) is 60.2 Å². The number of aryl methyl sites for hydroxylation is 1. The Hall–Kier alpha value is -2.27. The molecule has 0 heterocycles. The number of nitrogens with two attached hydrogens (primary N) is 1. The van der Waals surface area contributed by atoms with Gasteiger partial charge in [0, 0.05) is 5.75 Å². The van der Waals surface area contributed by atoms with Crippen molar-refractivity contribution in [2.75, 3.05) is 5.75 Å². The first-order valence-corrected chi connectivity index (χ1v) is 8.48. The second-order valence-electron chi connectivity index (χ2n) is 5.30. The molecule has 2 aromatic rings. The van der Waals surface area contributed by atoms with Crippen LogP contribution in [0.15, 0.2) is 54.6 Å². The summed E-state index contributed by atoms with van der Waals surface area (Å²) in [5.74, 6) is 0.273. The number of carbonyl (C=O) groups is 2. The Morgan fingerprint density at radius 3 is 2.52 bits per heavy atom. The van der Waals surface area contributed by atoms with E-state index in [9.17, 15) is 9.59 Å². The normalized spacial score (nSPS) is 11.7. The molecule has 0 radical (unpaired) electrons. The number of hydrogen-bond acceptors (Lipinski definition) is 3. The Balaban J connectivity index is 1.86. The van der Waals surface area contributed by atoms with Crippen molar-refractivity contribution < 1.29 is 9.59 Å². The molecule has 0 saturated carbocycles. The van der Waals surface area contributed by atoms with Crippen LogP contribution in [0, 0.1) is 6.92 Å². The van der Waals surface area contributed by atoms with Crippen LogP contribution < -0.4 is 11.1 Å². The van der Waals surface area contributed by atoms with Crippen LogP contribution in [-0.4, -0.2) is 17.6 Å². The third kappa shape index (κ3) is 5.45. The lowest BCUT2D eigenvalue weighted by Crippen LogP contribution is -2.38. The molecule has 2 rings (SSSR count). The maximum atomic E-state index is 12.0. The molecule has 0 spiro atoms. The lowest BCUT2D eigenvalue weighted by atomic mass is 10.1. The van der Waals surface area contributed by atoms with Gasteiger partial charge in [0.1, 0.15) is 6.04 Å². The van der Waals surface area contributed by atoms with E-state index in [1.54, 1.807) is 12.1 Å². The van der Waals surface area contributed by atoms with E-state index in [1.165, 1.54) is 22.9 Å². The van der Waals surface area contributed by atoms with Gasteiger partial charge in [-0.3, -0.25) is 9.59 Å². The summed E-state index contributed by atoms with van der Waals surface area (Å²) < 4.78 is 0. The molecule has 0 bridgehead atoms. The van der Waals surface area contributed by atoms with Gasteiger partial charge in [-0.25, -0.2) is 0 Å². The molecular formula is C18H20N2O2S. The first-order valence-electron chi connectivity index (χ1n) is 7.33. The average molecular weight is 328 g/mol. The highest BCUT2D eigenvalue weighted by atomic mass is 32.2. The molecule has 2 amide bonds. The molecule has 0 aromatic heterocycles. The number of nitrogens with one attached hydrogen (secondary N) is 1. The first-order chi connectivity index (χ1) is 11.1. The number of carbonyl (C=O) groups excluding carboxylic acids is 2. The van der Waals surface area contributed by atoms with Crippen molar-refractivity contribution in [2.24, 2.45) is 5.73 Å². The van der Waals surface area contributed by atoms with Gasteiger partial charge in [-0.05, 0) is 18.1 Å². The van der Waals surface area contributed by atoms with Crippen molar-refractivity contribution in [3.05, 3.63) is 71.3 Å². The maximum Gasteiger partial charge on any atom is 0.244 e. The molecule has 0 aliphatic heterocycles. The summed E-state index contributed by atoms with van der Waals surface area (Å²) in [4.78, 5) is 23.6. The van der Waals surface area contributed by atoms with Crippen LogP contribution in [0.3, 0.4) is 0 Å². The molecular weight excluding hydrogens is 308 g/mol. The molecule has 0 aliphatic carbocycles.